The second-order valence-electron chi connectivity index (χ2n) is 4.86. The molecule has 0 saturated carbocycles. The van der Waals surface area contributed by atoms with E-state index in [9.17, 15) is 9.59 Å². The second kappa shape index (κ2) is 6.17. The van der Waals surface area contributed by atoms with Gasteiger partial charge in [0.2, 0.25) is 0 Å². The van der Waals surface area contributed by atoms with Crippen molar-refractivity contribution < 1.29 is 4.79 Å². The van der Waals surface area contributed by atoms with Crippen molar-refractivity contribution in [1.82, 2.24) is 9.55 Å². The number of carbonyl (C=O) groups excluding carboxylic acids is 1. The van der Waals surface area contributed by atoms with E-state index in [4.69, 9.17) is 0 Å². The molecule has 0 aliphatic heterocycles. The summed E-state index contributed by atoms with van der Waals surface area (Å²) >= 11 is 0. The smallest absolute Gasteiger partial charge is 0.273 e. The number of carbonyl (C=O) groups is 1. The van der Waals surface area contributed by atoms with E-state index in [0.717, 1.165) is 11.1 Å². The van der Waals surface area contributed by atoms with Crippen LogP contribution in [-0.2, 0) is 11.8 Å². The average Bonchev–Trinajstić information content (AvgIpc) is 2.43. The van der Waals surface area contributed by atoms with Crippen molar-refractivity contribution in [2.45, 2.75) is 13.8 Å². The maximum atomic E-state index is 12.1. The number of hydrogen-bond donors (Lipinski definition) is 1. The van der Waals surface area contributed by atoms with Gasteiger partial charge in [0.05, 0.1) is 0 Å². The van der Waals surface area contributed by atoms with E-state index in [1.54, 1.807) is 38.6 Å². The number of aryl methyl sites for hydroxylation is 1. The minimum absolute atomic E-state index is 0.0675. The summed E-state index contributed by atoms with van der Waals surface area (Å²) in [6, 6.07) is 5.53. The predicted molar refractivity (Wildman–Crippen MR) is 83.0 cm³/mol. The number of aromatic nitrogens is 2. The van der Waals surface area contributed by atoms with Crippen molar-refractivity contribution >= 4 is 11.5 Å². The van der Waals surface area contributed by atoms with E-state index in [1.165, 1.54) is 17.6 Å². The van der Waals surface area contributed by atoms with Gasteiger partial charge in [0.1, 0.15) is 5.69 Å². The number of pyridine rings is 2. The first-order valence-electron chi connectivity index (χ1n) is 6.54. The van der Waals surface area contributed by atoms with Crippen molar-refractivity contribution in [3.8, 4) is 11.1 Å². The van der Waals surface area contributed by atoms with E-state index in [2.05, 4.69) is 10.3 Å². The Labute approximate surface area is 123 Å². The fourth-order valence-corrected chi connectivity index (χ4v) is 2.06. The number of anilines is 1. The Hall–Kier alpha value is -2.69. The van der Waals surface area contributed by atoms with Crippen LogP contribution in [0.1, 0.15) is 13.8 Å². The SMILES string of the molecule is CC(=O)C=C(C)Nc1cc(-c2ccncc2)cn(C)c1=O. The molecule has 0 amide bonds. The van der Waals surface area contributed by atoms with Crippen molar-refractivity contribution in [3.63, 3.8) is 0 Å². The highest BCUT2D eigenvalue weighted by Gasteiger charge is 2.07. The Morgan fingerprint density at radius 3 is 2.52 bits per heavy atom. The van der Waals surface area contributed by atoms with Gasteiger partial charge in [0.25, 0.3) is 5.56 Å². The van der Waals surface area contributed by atoms with Crippen LogP contribution in [0.15, 0.2) is 53.4 Å². The van der Waals surface area contributed by atoms with E-state index in [1.807, 2.05) is 12.1 Å². The van der Waals surface area contributed by atoms with E-state index < -0.39 is 0 Å². The van der Waals surface area contributed by atoms with E-state index in [-0.39, 0.29) is 11.3 Å². The van der Waals surface area contributed by atoms with Gasteiger partial charge in [-0.15, -0.1) is 0 Å². The van der Waals surface area contributed by atoms with Crippen LogP contribution in [0.3, 0.4) is 0 Å². The van der Waals surface area contributed by atoms with Crippen molar-refractivity contribution in [2.75, 3.05) is 5.32 Å². The van der Waals surface area contributed by atoms with Gasteiger partial charge in [-0.3, -0.25) is 14.6 Å². The number of hydrogen-bond acceptors (Lipinski definition) is 4. The average molecular weight is 283 g/mol. The summed E-state index contributed by atoms with van der Waals surface area (Å²) in [5, 5.41) is 2.98. The standard InChI is InChI=1S/C16H17N3O2/c1-11(8-12(2)20)18-15-9-14(10-19(3)16(15)21)13-4-6-17-7-5-13/h4-10,18H,1-3H3. The largest absolute Gasteiger partial charge is 0.355 e. The Bertz CT molecular complexity index is 746. The zero-order valence-electron chi connectivity index (χ0n) is 12.3. The van der Waals surface area contributed by atoms with Gasteiger partial charge in [0.15, 0.2) is 5.78 Å². The molecule has 0 aliphatic carbocycles. The van der Waals surface area contributed by atoms with Crippen LogP contribution in [0, 0.1) is 0 Å². The molecule has 0 bridgehead atoms. The molecular formula is C16H17N3O2. The minimum atomic E-state index is -0.149. The molecule has 0 atom stereocenters. The third-order valence-corrected chi connectivity index (χ3v) is 2.95. The molecule has 0 radical (unpaired) electrons. The first-order chi connectivity index (χ1) is 9.97. The van der Waals surface area contributed by atoms with Crippen LogP contribution in [-0.4, -0.2) is 15.3 Å². The van der Waals surface area contributed by atoms with Crippen molar-refractivity contribution in [1.29, 1.82) is 0 Å². The lowest BCUT2D eigenvalue weighted by molar-refractivity contribution is -0.112. The molecule has 0 spiro atoms. The van der Waals surface area contributed by atoms with Crippen molar-refractivity contribution in [3.05, 3.63) is 58.9 Å². The molecule has 2 heterocycles. The van der Waals surface area contributed by atoms with Gasteiger partial charge >= 0.3 is 0 Å². The molecule has 5 heteroatoms. The number of nitrogens with zero attached hydrogens (tertiary/aromatic N) is 2. The van der Waals surface area contributed by atoms with E-state index in [0.29, 0.717) is 11.4 Å². The van der Waals surface area contributed by atoms with Gasteiger partial charge in [-0.1, -0.05) is 0 Å². The number of nitrogens with one attached hydrogen (secondary N) is 1. The summed E-state index contributed by atoms with van der Waals surface area (Å²) in [4.78, 5) is 27.2. The molecule has 0 aliphatic rings. The highest BCUT2D eigenvalue weighted by atomic mass is 16.1. The summed E-state index contributed by atoms with van der Waals surface area (Å²) in [5.41, 5.74) is 2.78. The summed E-state index contributed by atoms with van der Waals surface area (Å²) in [7, 11) is 1.70. The normalized spacial score (nSPS) is 11.3. The van der Waals surface area contributed by atoms with Crippen LogP contribution in [0.4, 0.5) is 5.69 Å². The van der Waals surface area contributed by atoms with Crippen LogP contribution in [0.2, 0.25) is 0 Å². The Morgan fingerprint density at radius 1 is 1.24 bits per heavy atom. The molecular weight excluding hydrogens is 266 g/mol. The fraction of sp³-hybridized carbons (Fsp3) is 0.188. The molecule has 1 N–H and O–H groups in total. The molecule has 0 saturated heterocycles. The zero-order chi connectivity index (χ0) is 15.4. The van der Waals surface area contributed by atoms with Crippen LogP contribution in [0.25, 0.3) is 11.1 Å². The fourth-order valence-electron chi connectivity index (χ4n) is 2.06. The first-order valence-corrected chi connectivity index (χ1v) is 6.54. The summed E-state index contributed by atoms with van der Waals surface area (Å²) in [6.45, 7) is 3.22. The molecule has 0 unspecified atom stereocenters. The monoisotopic (exact) mass is 283 g/mol. The highest BCUT2D eigenvalue weighted by molar-refractivity contribution is 5.88. The zero-order valence-corrected chi connectivity index (χ0v) is 12.3. The Kier molecular flexibility index (Phi) is 4.33. The van der Waals surface area contributed by atoms with Crippen LogP contribution >= 0.6 is 0 Å². The lowest BCUT2D eigenvalue weighted by atomic mass is 10.1. The van der Waals surface area contributed by atoms with E-state index >= 15 is 0 Å². The van der Waals surface area contributed by atoms with Crippen LogP contribution in [0.5, 0.6) is 0 Å². The van der Waals surface area contributed by atoms with Gasteiger partial charge in [-0.2, -0.15) is 0 Å². The summed E-state index contributed by atoms with van der Waals surface area (Å²) in [6.07, 6.45) is 6.63. The first kappa shape index (κ1) is 14.7. The second-order valence-corrected chi connectivity index (χ2v) is 4.86. The molecule has 2 rings (SSSR count). The highest BCUT2D eigenvalue weighted by Crippen LogP contribution is 2.20. The van der Waals surface area contributed by atoms with Gasteiger partial charge in [0, 0.05) is 36.9 Å². The lowest BCUT2D eigenvalue weighted by Gasteiger charge is -2.10. The maximum absolute atomic E-state index is 12.1. The molecule has 108 valence electrons. The Morgan fingerprint density at radius 2 is 1.90 bits per heavy atom. The summed E-state index contributed by atoms with van der Waals surface area (Å²) in [5.74, 6) is -0.0675. The quantitative estimate of drug-likeness (QED) is 0.875. The van der Waals surface area contributed by atoms with Crippen molar-refractivity contribution in [2.24, 2.45) is 7.05 Å². The number of ketones is 1. The molecule has 5 nitrogen and oxygen atoms in total. The Balaban J connectivity index is 2.45. The summed E-state index contributed by atoms with van der Waals surface area (Å²) < 4.78 is 1.51. The van der Waals surface area contributed by atoms with Gasteiger partial charge in [-0.25, -0.2) is 0 Å². The molecule has 0 aromatic carbocycles. The third kappa shape index (κ3) is 3.66. The number of allylic oxidation sites excluding steroid dienone is 2. The molecule has 2 aromatic rings. The lowest BCUT2D eigenvalue weighted by Crippen LogP contribution is -2.20. The topological polar surface area (TPSA) is 64.0 Å². The molecule has 0 fully saturated rings. The third-order valence-electron chi connectivity index (χ3n) is 2.95. The van der Waals surface area contributed by atoms with Crippen LogP contribution < -0.4 is 10.9 Å². The molecule has 21 heavy (non-hydrogen) atoms. The predicted octanol–water partition coefficient (Wildman–Crippen LogP) is 2.35. The van der Waals surface area contributed by atoms with Gasteiger partial charge < -0.3 is 9.88 Å². The van der Waals surface area contributed by atoms with Gasteiger partial charge in [-0.05, 0) is 43.7 Å². The minimum Gasteiger partial charge on any atom is -0.355 e. The maximum Gasteiger partial charge on any atom is 0.273 e. The molecule has 2 aromatic heterocycles. The number of rotatable bonds is 4.